The summed E-state index contributed by atoms with van der Waals surface area (Å²) in [5, 5.41) is 7.46. The Morgan fingerprint density at radius 2 is 2.23 bits per heavy atom. The fourth-order valence-corrected chi connectivity index (χ4v) is 4.87. The highest BCUT2D eigenvalue weighted by Crippen LogP contribution is 2.32. The topological polar surface area (TPSA) is 78.8 Å². The monoisotopic (exact) mass is 495 g/mol. The van der Waals surface area contributed by atoms with E-state index in [-0.39, 0.29) is 12.1 Å². The number of nitrogens with zero attached hydrogens (tertiary/aromatic N) is 3. The van der Waals surface area contributed by atoms with E-state index in [1.807, 2.05) is 38.9 Å². The van der Waals surface area contributed by atoms with Crippen LogP contribution in [0.1, 0.15) is 75.3 Å². The van der Waals surface area contributed by atoms with E-state index in [9.17, 15) is 4.79 Å². The molecule has 3 heterocycles. The van der Waals surface area contributed by atoms with Crippen molar-refractivity contribution in [2.24, 2.45) is 4.99 Å². The van der Waals surface area contributed by atoms with E-state index in [0.29, 0.717) is 11.7 Å². The minimum atomic E-state index is -0.257. The van der Waals surface area contributed by atoms with E-state index in [1.165, 1.54) is 22.5 Å². The molecule has 0 spiro atoms. The molecular weight excluding hydrogens is 458 g/mol. The Hall–Kier alpha value is -2.97. The number of hydrogen-bond acceptors (Lipinski definition) is 7. The number of thiazole rings is 1. The van der Waals surface area contributed by atoms with Crippen LogP contribution in [0.25, 0.3) is 5.57 Å². The third-order valence-corrected chi connectivity index (χ3v) is 6.61. The zero-order valence-corrected chi connectivity index (χ0v) is 22.2. The molecule has 0 fully saturated rings. The lowest BCUT2D eigenvalue weighted by Gasteiger charge is -2.17. The molecule has 0 aromatic carbocycles. The number of carbonyl (C=O) groups excluding carboxylic acids is 1. The number of amides is 1. The molecule has 1 aromatic heterocycles. The fraction of sp³-hybridized carbons (Fsp3) is 0.444. The Labute approximate surface area is 213 Å². The molecule has 7 nitrogen and oxygen atoms in total. The van der Waals surface area contributed by atoms with Gasteiger partial charge in [-0.15, -0.1) is 11.3 Å². The summed E-state index contributed by atoms with van der Waals surface area (Å²) < 4.78 is 5.65. The molecule has 0 radical (unpaired) electrons. The SMILES string of the molecule is C/C=C\C(=C/CC)CCC1N=C(NC(=O)c2csc(C3=CC4=C(C=CC3)OCC4)n2)NN1C.CC. The molecule has 0 saturated carbocycles. The summed E-state index contributed by atoms with van der Waals surface area (Å²) in [6.45, 7) is 8.90. The third-order valence-electron chi connectivity index (χ3n) is 5.69. The smallest absolute Gasteiger partial charge is 0.277 e. The average molecular weight is 496 g/mol. The zero-order valence-electron chi connectivity index (χ0n) is 21.4. The molecule has 1 amide bonds. The molecule has 2 aliphatic heterocycles. The molecular formula is C27H37N5O2S. The number of hydrogen-bond donors (Lipinski definition) is 2. The van der Waals surface area contributed by atoms with Gasteiger partial charge in [0.1, 0.15) is 22.6 Å². The highest BCUT2D eigenvalue weighted by molar-refractivity contribution is 7.11. The van der Waals surface area contributed by atoms with Gasteiger partial charge in [0.15, 0.2) is 0 Å². The van der Waals surface area contributed by atoms with E-state index in [4.69, 9.17) is 4.74 Å². The van der Waals surface area contributed by atoms with Gasteiger partial charge < -0.3 is 4.74 Å². The summed E-state index contributed by atoms with van der Waals surface area (Å²) in [4.78, 5) is 22.1. The molecule has 1 aliphatic carbocycles. The first-order chi connectivity index (χ1) is 17.1. The van der Waals surface area contributed by atoms with Crippen molar-refractivity contribution in [3.8, 4) is 0 Å². The largest absolute Gasteiger partial charge is 0.493 e. The van der Waals surface area contributed by atoms with Crippen LogP contribution in [0.2, 0.25) is 0 Å². The van der Waals surface area contributed by atoms with Gasteiger partial charge in [0, 0.05) is 18.8 Å². The van der Waals surface area contributed by atoms with E-state index in [1.54, 1.807) is 5.38 Å². The number of carbonyl (C=O) groups is 1. The van der Waals surface area contributed by atoms with Crippen molar-refractivity contribution >= 4 is 28.8 Å². The lowest BCUT2D eigenvalue weighted by molar-refractivity contribution is 0.0970. The first-order valence-corrected chi connectivity index (χ1v) is 13.3. The second-order valence-corrected chi connectivity index (χ2v) is 9.02. The van der Waals surface area contributed by atoms with Crippen LogP contribution in [0.4, 0.5) is 0 Å². The number of aliphatic imine (C=N–C) groups is 1. The number of guanidine groups is 1. The van der Waals surface area contributed by atoms with Gasteiger partial charge in [0.25, 0.3) is 5.91 Å². The predicted molar refractivity (Wildman–Crippen MR) is 145 cm³/mol. The van der Waals surface area contributed by atoms with E-state index < -0.39 is 0 Å². The van der Waals surface area contributed by atoms with Crippen LogP contribution in [0.3, 0.4) is 0 Å². The highest BCUT2D eigenvalue weighted by atomic mass is 32.1. The Balaban J connectivity index is 0.00000167. The van der Waals surface area contributed by atoms with Crippen LogP contribution < -0.4 is 10.7 Å². The number of nitrogens with one attached hydrogen (secondary N) is 2. The standard InChI is InChI=1S/C25H31N5O2S.C2H6/c1-4-7-17(8-5-2)11-12-22-27-25(29-30(22)3)28-23(31)20-16-33-24(26-20)19-9-6-10-21-18(15-19)13-14-32-21;1-2/h4,6-8,10,15-16,22H,5,9,11-14H2,1-3H3,(H2,27,28,29,31);1-2H3/b7-4-,17-8+;. The molecule has 188 valence electrons. The summed E-state index contributed by atoms with van der Waals surface area (Å²) in [5.41, 5.74) is 7.17. The first kappa shape index (κ1) is 26.6. The van der Waals surface area contributed by atoms with Gasteiger partial charge >= 0.3 is 0 Å². The molecule has 4 rings (SSSR count). The predicted octanol–water partition coefficient (Wildman–Crippen LogP) is 5.74. The maximum Gasteiger partial charge on any atom is 0.277 e. The van der Waals surface area contributed by atoms with Crippen LogP contribution in [0, 0.1) is 0 Å². The molecule has 1 aromatic rings. The number of hydrazine groups is 1. The van der Waals surface area contributed by atoms with Crippen molar-refractivity contribution in [1.29, 1.82) is 0 Å². The first-order valence-electron chi connectivity index (χ1n) is 12.5. The van der Waals surface area contributed by atoms with Gasteiger partial charge in [-0.25, -0.2) is 9.98 Å². The van der Waals surface area contributed by atoms with Gasteiger partial charge in [0.05, 0.1) is 6.61 Å². The van der Waals surface area contributed by atoms with E-state index in [0.717, 1.165) is 55.1 Å². The zero-order chi connectivity index (χ0) is 25.2. The van der Waals surface area contributed by atoms with Gasteiger partial charge in [-0.1, -0.05) is 50.6 Å². The average Bonchev–Trinajstić information content (AvgIpc) is 3.57. The Morgan fingerprint density at radius 1 is 1.40 bits per heavy atom. The minimum absolute atomic E-state index is 0.0316. The van der Waals surface area contributed by atoms with Crippen molar-refractivity contribution in [1.82, 2.24) is 20.7 Å². The van der Waals surface area contributed by atoms with Crippen molar-refractivity contribution < 1.29 is 9.53 Å². The molecule has 0 bridgehead atoms. The Morgan fingerprint density at radius 3 is 3.00 bits per heavy atom. The third kappa shape index (κ3) is 7.02. The molecule has 8 heteroatoms. The molecule has 1 atom stereocenters. The van der Waals surface area contributed by atoms with E-state index >= 15 is 0 Å². The molecule has 0 saturated heterocycles. The maximum atomic E-state index is 12.8. The molecule has 3 aliphatic rings. The van der Waals surface area contributed by atoms with Crippen LogP contribution in [-0.2, 0) is 4.74 Å². The maximum absolute atomic E-state index is 12.8. The van der Waals surface area contributed by atoms with E-state index in [2.05, 4.69) is 58.0 Å². The molecule has 2 N–H and O–H groups in total. The van der Waals surface area contributed by atoms with Gasteiger partial charge in [-0.3, -0.25) is 15.5 Å². The van der Waals surface area contributed by atoms with Crippen molar-refractivity contribution in [2.75, 3.05) is 13.7 Å². The summed E-state index contributed by atoms with van der Waals surface area (Å²) in [6.07, 6.45) is 17.2. The van der Waals surface area contributed by atoms with Crippen molar-refractivity contribution in [2.45, 2.75) is 66.0 Å². The normalized spacial score (nSPS) is 19.9. The minimum Gasteiger partial charge on any atom is -0.493 e. The van der Waals surface area contributed by atoms with Gasteiger partial charge in [-0.05, 0) is 55.9 Å². The van der Waals surface area contributed by atoms with Crippen molar-refractivity contribution in [3.63, 3.8) is 0 Å². The summed E-state index contributed by atoms with van der Waals surface area (Å²) in [5.74, 6) is 1.15. The second-order valence-electron chi connectivity index (χ2n) is 8.16. The van der Waals surface area contributed by atoms with Crippen LogP contribution in [0.5, 0.6) is 0 Å². The Kier molecular flexibility index (Phi) is 10.0. The number of allylic oxidation sites excluding steroid dienone is 8. The van der Waals surface area contributed by atoms with Gasteiger partial charge in [0.2, 0.25) is 5.96 Å². The summed E-state index contributed by atoms with van der Waals surface area (Å²) >= 11 is 1.49. The van der Waals surface area contributed by atoms with Crippen molar-refractivity contribution in [3.05, 3.63) is 69.4 Å². The lowest BCUT2D eigenvalue weighted by atomic mass is 10.1. The van der Waals surface area contributed by atoms with Gasteiger partial charge in [-0.2, -0.15) is 5.01 Å². The highest BCUT2D eigenvalue weighted by Gasteiger charge is 2.25. The number of aromatic nitrogens is 1. The number of rotatable bonds is 7. The summed E-state index contributed by atoms with van der Waals surface area (Å²) in [7, 11) is 1.94. The Bertz CT molecular complexity index is 1080. The lowest BCUT2D eigenvalue weighted by Crippen LogP contribution is -2.44. The number of ether oxygens (including phenoxy) is 1. The van der Waals surface area contributed by atoms with Crippen LogP contribution in [-0.4, -0.2) is 41.7 Å². The molecule has 35 heavy (non-hydrogen) atoms. The van der Waals surface area contributed by atoms with Crippen LogP contribution >= 0.6 is 11.3 Å². The summed E-state index contributed by atoms with van der Waals surface area (Å²) in [6, 6.07) is 0. The molecule has 1 unspecified atom stereocenters. The fourth-order valence-electron chi connectivity index (χ4n) is 4.04. The van der Waals surface area contributed by atoms with Crippen LogP contribution in [0.15, 0.2) is 63.7 Å². The quantitative estimate of drug-likeness (QED) is 0.472. The second kappa shape index (κ2) is 13.2.